The Morgan fingerprint density at radius 1 is 1.00 bits per heavy atom. The van der Waals surface area contributed by atoms with Crippen LogP contribution >= 0.6 is 0 Å². The molecule has 38 heavy (non-hydrogen) atoms. The lowest BCUT2D eigenvalue weighted by atomic mass is 10.0. The van der Waals surface area contributed by atoms with Crippen molar-refractivity contribution in [1.29, 1.82) is 5.41 Å². The molecule has 0 bridgehead atoms. The van der Waals surface area contributed by atoms with Crippen molar-refractivity contribution in [3.63, 3.8) is 0 Å². The van der Waals surface area contributed by atoms with E-state index in [1.165, 1.54) is 6.07 Å². The number of nitrogen functional groups attached to an aromatic ring is 1. The number of nitrogens with one attached hydrogen (secondary N) is 2. The van der Waals surface area contributed by atoms with Gasteiger partial charge in [-0.1, -0.05) is 48.5 Å². The zero-order valence-electron chi connectivity index (χ0n) is 19.6. The summed E-state index contributed by atoms with van der Waals surface area (Å²) >= 11 is 0. The summed E-state index contributed by atoms with van der Waals surface area (Å²) in [6.07, 6.45) is -4.34. The van der Waals surface area contributed by atoms with Gasteiger partial charge in [0.1, 0.15) is 5.84 Å². The first-order valence-corrected chi connectivity index (χ1v) is 12.5. The summed E-state index contributed by atoms with van der Waals surface area (Å²) in [6.45, 7) is 0. The van der Waals surface area contributed by atoms with Crippen molar-refractivity contribution >= 4 is 33.4 Å². The van der Waals surface area contributed by atoms with Crippen LogP contribution in [0.5, 0.6) is 0 Å². The number of carbonyl (C=O) groups is 2. The fourth-order valence-corrected chi connectivity index (χ4v) is 4.47. The minimum Gasteiger partial charge on any atom is -0.475 e. The third kappa shape index (κ3) is 7.17. The second-order valence-electron chi connectivity index (χ2n) is 8.40. The molecule has 0 spiro atoms. The zero-order valence-corrected chi connectivity index (χ0v) is 20.4. The minimum atomic E-state index is -5.08. The molecule has 0 unspecified atom stereocenters. The molecule has 1 amide bonds. The number of sulfonamides is 1. The number of amides is 1. The van der Waals surface area contributed by atoms with Crippen molar-refractivity contribution in [2.45, 2.75) is 23.4 Å². The largest absolute Gasteiger partial charge is 0.490 e. The molecule has 0 aliphatic heterocycles. The van der Waals surface area contributed by atoms with E-state index in [0.29, 0.717) is 22.4 Å². The van der Waals surface area contributed by atoms with E-state index in [0.717, 1.165) is 12.0 Å². The Labute approximate surface area is 215 Å². The number of anilines is 1. The quantitative estimate of drug-likeness (QED) is 0.232. The Kier molecular flexibility index (Phi) is 8.22. The molecular weight excluding hydrogens is 525 g/mol. The van der Waals surface area contributed by atoms with Crippen LogP contribution in [-0.2, 0) is 19.6 Å². The Balaban J connectivity index is 0.000000505. The van der Waals surface area contributed by atoms with Crippen LogP contribution in [0.2, 0.25) is 0 Å². The van der Waals surface area contributed by atoms with Gasteiger partial charge in [-0.25, -0.2) is 18.4 Å². The fourth-order valence-electron chi connectivity index (χ4n) is 3.71. The predicted octanol–water partition coefficient (Wildman–Crippen LogP) is 3.66. The monoisotopic (exact) mass is 548 g/mol. The van der Waals surface area contributed by atoms with Gasteiger partial charge in [-0.05, 0) is 47.7 Å². The molecule has 1 saturated carbocycles. The van der Waals surface area contributed by atoms with Gasteiger partial charge in [0.2, 0.25) is 15.9 Å². The van der Waals surface area contributed by atoms with Crippen LogP contribution in [0, 0.1) is 11.3 Å². The molecular formula is C25H23F3N4O5S. The Morgan fingerprint density at radius 2 is 1.61 bits per heavy atom. The van der Waals surface area contributed by atoms with Crippen molar-refractivity contribution in [2.24, 2.45) is 16.8 Å². The number of hydrogen-bond acceptors (Lipinski definition) is 5. The molecule has 4 rings (SSSR count). The maximum absolute atomic E-state index is 12.6. The molecule has 13 heteroatoms. The van der Waals surface area contributed by atoms with Gasteiger partial charge >= 0.3 is 12.1 Å². The number of primary sulfonamides is 1. The second kappa shape index (κ2) is 11.0. The van der Waals surface area contributed by atoms with E-state index in [1.807, 2.05) is 18.2 Å². The first-order chi connectivity index (χ1) is 17.7. The van der Waals surface area contributed by atoms with Crippen LogP contribution in [0.25, 0.3) is 11.1 Å². The zero-order chi connectivity index (χ0) is 28.3. The number of aliphatic carboxylic acids is 1. The lowest BCUT2D eigenvalue weighted by Gasteiger charge is -2.10. The molecule has 1 fully saturated rings. The number of carboxylic acids is 1. The molecule has 0 radical (unpaired) electrons. The van der Waals surface area contributed by atoms with Crippen molar-refractivity contribution in [3.05, 3.63) is 83.9 Å². The Hall–Kier alpha value is -4.23. The lowest BCUT2D eigenvalue weighted by Crippen LogP contribution is -2.21. The smallest absolute Gasteiger partial charge is 0.475 e. The molecule has 0 saturated heterocycles. The number of hydrogen-bond donors (Lipinski definition) is 5. The van der Waals surface area contributed by atoms with E-state index in [2.05, 4.69) is 5.32 Å². The average Bonchev–Trinajstić information content (AvgIpc) is 3.65. The fraction of sp³-hybridized carbons (Fsp3) is 0.160. The summed E-state index contributed by atoms with van der Waals surface area (Å²) in [6, 6.07) is 20.9. The Bertz CT molecular complexity index is 1470. The third-order valence-corrected chi connectivity index (χ3v) is 6.62. The van der Waals surface area contributed by atoms with Crippen LogP contribution in [0.1, 0.15) is 23.5 Å². The lowest BCUT2D eigenvalue weighted by molar-refractivity contribution is -0.192. The van der Waals surface area contributed by atoms with Crippen LogP contribution < -0.4 is 16.2 Å². The van der Waals surface area contributed by atoms with E-state index < -0.39 is 22.2 Å². The molecule has 2 atom stereocenters. The maximum Gasteiger partial charge on any atom is 0.490 e. The first-order valence-electron chi connectivity index (χ1n) is 11.0. The number of amidine groups is 1. The van der Waals surface area contributed by atoms with Crippen molar-refractivity contribution in [3.8, 4) is 11.1 Å². The van der Waals surface area contributed by atoms with Gasteiger partial charge in [-0.3, -0.25) is 10.2 Å². The van der Waals surface area contributed by atoms with Crippen LogP contribution in [0.15, 0.2) is 77.7 Å². The van der Waals surface area contributed by atoms with E-state index in [4.69, 9.17) is 26.2 Å². The van der Waals surface area contributed by atoms with E-state index in [1.54, 1.807) is 48.5 Å². The second-order valence-corrected chi connectivity index (χ2v) is 9.93. The predicted molar refractivity (Wildman–Crippen MR) is 134 cm³/mol. The van der Waals surface area contributed by atoms with Gasteiger partial charge in [-0.15, -0.1) is 0 Å². The summed E-state index contributed by atoms with van der Waals surface area (Å²) in [5.74, 6) is -2.85. The minimum absolute atomic E-state index is 0.00704. The highest BCUT2D eigenvalue weighted by Gasteiger charge is 2.44. The van der Waals surface area contributed by atoms with E-state index in [-0.39, 0.29) is 28.5 Å². The number of rotatable bonds is 6. The number of halogens is 3. The molecule has 9 nitrogen and oxygen atoms in total. The number of nitrogens with two attached hydrogens (primary N) is 2. The van der Waals surface area contributed by atoms with Gasteiger partial charge in [0.15, 0.2) is 0 Å². The first kappa shape index (κ1) is 28.3. The van der Waals surface area contributed by atoms with Crippen molar-refractivity contribution < 1.29 is 36.3 Å². The number of carboxylic acid groups (broad SMARTS) is 1. The standard InChI is InChI=1S/C23H22N4O3S.C2HF3O2/c24-22(25)16-5-3-4-15(12-16)19-13-20(19)23(28)27-17-10-8-14(9-11-17)18-6-1-2-7-21(18)31(26,29)30;3-2(4,5)1(6)7/h1-12,19-20H,13H2,(H3,24,25)(H,27,28)(H2,26,29,30);(H,6,7)/t19-,20-;/m0./s1. The summed E-state index contributed by atoms with van der Waals surface area (Å²) in [5, 5.41) is 22.9. The molecule has 1 aliphatic rings. The summed E-state index contributed by atoms with van der Waals surface area (Å²) in [4.78, 5) is 21.6. The van der Waals surface area contributed by atoms with Gasteiger partial charge in [0.05, 0.1) is 4.90 Å². The molecule has 1 aliphatic carbocycles. The van der Waals surface area contributed by atoms with Gasteiger partial charge in [0.25, 0.3) is 0 Å². The molecule has 0 heterocycles. The van der Waals surface area contributed by atoms with E-state index >= 15 is 0 Å². The van der Waals surface area contributed by atoms with Gasteiger partial charge in [-0.2, -0.15) is 13.2 Å². The van der Waals surface area contributed by atoms with Crippen LogP contribution in [0.3, 0.4) is 0 Å². The van der Waals surface area contributed by atoms with Gasteiger partial charge < -0.3 is 16.2 Å². The molecule has 7 N–H and O–H groups in total. The highest BCUT2D eigenvalue weighted by Crippen LogP contribution is 2.48. The Morgan fingerprint density at radius 3 is 2.16 bits per heavy atom. The number of carbonyl (C=O) groups excluding carboxylic acids is 1. The topological polar surface area (TPSA) is 176 Å². The molecule has 3 aromatic rings. The summed E-state index contributed by atoms with van der Waals surface area (Å²) < 4.78 is 55.4. The van der Waals surface area contributed by atoms with Crippen LogP contribution in [0.4, 0.5) is 18.9 Å². The number of alkyl halides is 3. The number of benzene rings is 3. The summed E-state index contributed by atoms with van der Waals surface area (Å²) in [5.41, 5.74) is 9.03. The van der Waals surface area contributed by atoms with Crippen molar-refractivity contribution in [1.82, 2.24) is 0 Å². The molecule has 200 valence electrons. The van der Waals surface area contributed by atoms with E-state index in [9.17, 15) is 26.4 Å². The maximum atomic E-state index is 12.6. The third-order valence-electron chi connectivity index (χ3n) is 5.65. The molecule has 0 aromatic heterocycles. The molecule has 3 aromatic carbocycles. The van der Waals surface area contributed by atoms with Crippen molar-refractivity contribution in [2.75, 3.05) is 5.32 Å². The normalized spacial score (nSPS) is 16.5. The highest BCUT2D eigenvalue weighted by molar-refractivity contribution is 7.89. The summed E-state index contributed by atoms with van der Waals surface area (Å²) in [7, 11) is -3.85. The van der Waals surface area contributed by atoms with Crippen LogP contribution in [-0.4, -0.2) is 37.4 Å². The van der Waals surface area contributed by atoms with Gasteiger partial charge in [0, 0.05) is 22.7 Å². The average molecular weight is 549 g/mol. The highest BCUT2D eigenvalue weighted by atomic mass is 32.2. The SMILES string of the molecule is N=C(N)c1cccc([C@@H]2C[C@@H]2C(=O)Nc2ccc(-c3ccccc3S(N)(=O)=O)cc2)c1.O=C(O)C(F)(F)F.